The number of aliphatic carboxylic acids is 1. The Bertz CT molecular complexity index is 393. The van der Waals surface area contributed by atoms with Gasteiger partial charge in [-0.15, -0.1) is 0 Å². The fourth-order valence-electron chi connectivity index (χ4n) is 1.17. The van der Waals surface area contributed by atoms with Gasteiger partial charge in [-0.05, 0) is 12.5 Å². The van der Waals surface area contributed by atoms with Crippen LogP contribution in [0.2, 0.25) is 0 Å². The molecule has 0 amide bonds. The van der Waals surface area contributed by atoms with Crippen LogP contribution in [0.15, 0.2) is 12.3 Å². The molecule has 0 aliphatic carbocycles. The van der Waals surface area contributed by atoms with Crippen LogP contribution in [-0.4, -0.2) is 21.0 Å². The largest absolute Gasteiger partial charge is 0.481 e. The lowest BCUT2D eigenvalue weighted by Crippen LogP contribution is -2.17. The maximum Gasteiger partial charge on any atom is 0.433 e. The van der Waals surface area contributed by atoms with E-state index in [1.807, 2.05) is 0 Å². The van der Waals surface area contributed by atoms with Crippen molar-refractivity contribution in [1.82, 2.24) is 9.97 Å². The van der Waals surface area contributed by atoms with Crippen molar-refractivity contribution in [2.75, 3.05) is 0 Å². The summed E-state index contributed by atoms with van der Waals surface area (Å²) in [6.45, 7) is 1.54. The van der Waals surface area contributed by atoms with E-state index in [9.17, 15) is 18.0 Å². The quantitative estimate of drug-likeness (QED) is 0.869. The minimum atomic E-state index is -4.59. The molecule has 4 nitrogen and oxygen atoms in total. The molecule has 16 heavy (non-hydrogen) atoms. The van der Waals surface area contributed by atoms with Gasteiger partial charge in [0.1, 0.15) is 17.4 Å². The van der Waals surface area contributed by atoms with Crippen LogP contribution in [0.1, 0.15) is 30.8 Å². The molecular weight excluding hydrogens is 225 g/mol. The first-order chi connectivity index (χ1) is 7.36. The highest BCUT2D eigenvalue weighted by atomic mass is 19.4. The van der Waals surface area contributed by atoms with Gasteiger partial charge in [-0.3, -0.25) is 4.79 Å². The van der Waals surface area contributed by atoms with Gasteiger partial charge in [-0.1, -0.05) is 6.92 Å². The zero-order valence-electron chi connectivity index (χ0n) is 8.32. The number of aromatic nitrogens is 2. The number of hydrogen-bond donors (Lipinski definition) is 1. The van der Waals surface area contributed by atoms with Crippen molar-refractivity contribution in [3.8, 4) is 0 Å². The van der Waals surface area contributed by atoms with Gasteiger partial charge in [0.15, 0.2) is 0 Å². The number of halogens is 3. The predicted molar refractivity (Wildman–Crippen MR) is 47.7 cm³/mol. The zero-order chi connectivity index (χ0) is 12.3. The zero-order valence-corrected chi connectivity index (χ0v) is 8.32. The van der Waals surface area contributed by atoms with Gasteiger partial charge in [0.05, 0.1) is 0 Å². The van der Waals surface area contributed by atoms with E-state index in [4.69, 9.17) is 5.11 Å². The van der Waals surface area contributed by atoms with E-state index in [0.29, 0.717) is 6.07 Å². The molecule has 1 aromatic rings. The lowest BCUT2D eigenvalue weighted by atomic mass is 10.1. The number of hydrogen-bond acceptors (Lipinski definition) is 3. The molecule has 0 saturated heterocycles. The first kappa shape index (κ1) is 12.4. The van der Waals surface area contributed by atoms with Crippen LogP contribution in [0.5, 0.6) is 0 Å². The Morgan fingerprint density at radius 3 is 2.62 bits per heavy atom. The van der Waals surface area contributed by atoms with Gasteiger partial charge >= 0.3 is 12.1 Å². The molecule has 1 N–H and O–H groups in total. The fourth-order valence-corrected chi connectivity index (χ4v) is 1.17. The highest BCUT2D eigenvalue weighted by Gasteiger charge is 2.34. The summed E-state index contributed by atoms with van der Waals surface area (Å²) < 4.78 is 36.9. The van der Waals surface area contributed by atoms with Gasteiger partial charge in [-0.25, -0.2) is 9.97 Å². The Kier molecular flexibility index (Phi) is 3.46. The molecule has 0 spiro atoms. The molecule has 7 heteroatoms. The monoisotopic (exact) mass is 234 g/mol. The van der Waals surface area contributed by atoms with Crippen molar-refractivity contribution >= 4 is 5.97 Å². The van der Waals surface area contributed by atoms with Crippen LogP contribution in [-0.2, 0) is 11.0 Å². The average Bonchev–Trinajstić information content (AvgIpc) is 2.17. The maximum atomic E-state index is 12.3. The molecule has 0 radical (unpaired) electrons. The number of rotatable bonds is 3. The normalized spacial score (nSPS) is 13.5. The third-order valence-electron chi connectivity index (χ3n) is 1.98. The molecule has 1 rings (SSSR count). The second-order valence-corrected chi connectivity index (χ2v) is 3.10. The third kappa shape index (κ3) is 2.68. The maximum absolute atomic E-state index is 12.3. The fraction of sp³-hybridized carbons (Fsp3) is 0.444. The third-order valence-corrected chi connectivity index (χ3v) is 1.98. The van der Waals surface area contributed by atoms with Gasteiger partial charge in [-0.2, -0.15) is 13.2 Å². The first-order valence-electron chi connectivity index (χ1n) is 4.49. The summed E-state index contributed by atoms with van der Waals surface area (Å²) in [6.07, 6.45) is -3.54. The molecule has 0 aromatic carbocycles. The van der Waals surface area contributed by atoms with Crippen LogP contribution in [0.4, 0.5) is 13.2 Å². The Labute approximate surface area is 89.1 Å². The van der Waals surface area contributed by atoms with Crippen LogP contribution in [0.25, 0.3) is 0 Å². The number of carboxylic acids is 1. The molecule has 0 bridgehead atoms. The van der Waals surface area contributed by atoms with Crippen LogP contribution < -0.4 is 0 Å². The molecule has 1 aromatic heterocycles. The van der Waals surface area contributed by atoms with E-state index in [-0.39, 0.29) is 12.2 Å². The average molecular weight is 234 g/mol. The smallest absolute Gasteiger partial charge is 0.433 e. The molecule has 88 valence electrons. The number of carbonyl (C=O) groups is 1. The molecule has 0 fully saturated rings. The van der Waals surface area contributed by atoms with Crippen LogP contribution in [0.3, 0.4) is 0 Å². The summed E-state index contributed by atoms with van der Waals surface area (Å²) in [5.74, 6) is -2.66. The van der Waals surface area contributed by atoms with E-state index in [0.717, 1.165) is 6.20 Å². The van der Waals surface area contributed by atoms with Crippen molar-refractivity contribution in [2.24, 2.45) is 0 Å². The molecular formula is C9H9F3N2O2. The molecule has 1 atom stereocenters. The molecule has 1 unspecified atom stereocenters. The van der Waals surface area contributed by atoms with E-state index in [2.05, 4.69) is 9.97 Å². The van der Waals surface area contributed by atoms with Crippen molar-refractivity contribution in [1.29, 1.82) is 0 Å². The van der Waals surface area contributed by atoms with E-state index < -0.39 is 23.8 Å². The van der Waals surface area contributed by atoms with E-state index >= 15 is 0 Å². The summed E-state index contributed by atoms with van der Waals surface area (Å²) in [5.41, 5.74) is -1.13. The summed E-state index contributed by atoms with van der Waals surface area (Å²) >= 11 is 0. The minimum Gasteiger partial charge on any atom is -0.481 e. The van der Waals surface area contributed by atoms with Gasteiger partial charge < -0.3 is 5.11 Å². The molecule has 0 aliphatic heterocycles. The minimum absolute atomic E-state index is 0.136. The Hall–Kier alpha value is -1.66. The Balaban J connectivity index is 3.11. The Morgan fingerprint density at radius 2 is 2.19 bits per heavy atom. The summed E-state index contributed by atoms with van der Waals surface area (Å²) in [7, 11) is 0. The van der Waals surface area contributed by atoms with Gasteiger partial charge in [0.25, 0.3) is 0 Å². The predicted octanol–water partition coefficient (Wildman–Crippen LogP) is 2.07. The standard InChI is InChI=1S/C9H9F3N2O2/c1-2-5(8(15)16)7-13-4-3-6(14-7)9(10,11)12/h3-5H,2H2,1H3,(H,15,16). The Morgan fingerprint density at radius 1 is 1.56 bits per heavy atom. The topological polar surface area (TPSA) is 63.1 Å². The number of carboxylic acid groups (broad SMARTS) is 1. The summed E-state index contributed by atoms with van der Waals surface area (Å²) in [6, 6.07) is 0.706. The SMILES string of the molecule is CCC(C(=O)O)c1nccc(C(F)(F)F)n1. The lowest BCUT2D eigenvalue weighted by Gasteiger charge is -2.10. The first-order valence-corrected chi connectivity index (χ1v) is 4.49. The lowest BCUT2D eigenvalue weighted by molar-refractivity contribution is -0.143. The highest BCUT2D eigenvalue weighted by Crippen LogP contribution is 2.28. The molecule has 1 heterocycles. The second-order valence-electron chi connectivity index (χ2n) is 3.10. The van der Waals surface area contributed by atoms with Gasteiger partial charge in [0.2, 0.25) is 0 Å². The van der Waals surface area contributed by atoms with Crippen molar-refractivity contribution in [2.45, 2.75) is 25.4 Å². The van der Waals surface area contributed by atoms with Crippen LogP contribution in [0, 0.1) is 0 Å². The highest BCUT2D eigenvalue weighted by molar-refractivity contribution is 5.74. The summed E-state index contributed by atoms with van der Waals surface area (Å²) in [4.78, 5) is 17.5. The van der Waals surface area contributed by atoms with E-state index in [1.165, 1.54) is 0 Å². The van der Waals surface area contributed by atoms with Crippen molar-refractivity contribution < 1.29 is 23.1 Å². The van der Waals surface area contributed by atoms with Crippen LogP contribution >= 0.6 is 0 Å². The number of nitrogens with zero attached hydrogens (tertiary/aromatic N) is 2. The molecule has 0 saturated carbocycles. The van der Waals surface area contributed by atoms with E-state index in [1.54, 1.807) is 6.92 Å². The van der Waals surface area contributed by atoms with Gasteiger partial charge in [0, 0.05) is 6.20 Å². The van der Waals surface area contributed by atoms with Crippen molar-refractivity contribution in [3.05, 3.63) is 23.8 Å². The summed E-state index contributed by atoms with van der Waals surface area (Å²) in [5, 5.41) is 8.76. The van der Waals surface area contributed by atoms with Crippen molar-refractivity contribution in [3.63, 3.8) is 0 Å². The molecule has 0 aliphatic rings. The second kappa shape index (κ2) is 4.46. The number of alkyl halides is 3.